The predicted octanol–water partition coefficient (Wildman–Crippen LogP) is 3.95. The Kier molecular flexibility index (Phi) is 3.75. The summed E-state index contributed by atoms with van der Waals surface area (Å²) in [6, 6.07) is 11.1. The molecule has 0 radical (unpaired) electrons. The molecule has 2 aromatic rings. The van der Waals surface area contributed by atoms with Crippen LogP contribution >= 0.6 is 23.2 Å². The molecule has 0 unspecified atom stereocenters. The number of carbonyl (C=O) groups excluding carboxylic acids is 1. The fourth-order valence-corrected chi connectivity index (χ4v) is 1.79. The normalized spacial score (nSPS) is 10.1. The molecule has 2 N–H and O–H groups in total. The Morgan fingerprint density at radius 2 is 1.89 bits per heavy atom. The van der Waals surface area contributed by atoms with Crippen LogP contribution in [0.3, 0.4) is 0 Å². The van der Waals surface area contributed by atoms with Crippen LogP contribution in [-0.2, 0) is 0 Å². The van der Waals surface area contributed by atoms with Gasteiger partial charge in [0.25, 0.3) is 5.91 Å². The molecule has 18 heavy (non-hydrogen) atoms. The maximum absolute atomic E-state index is 11.9. The lowest BCUT2D eigenvalue weighted by molar-refractivity contribution is 0.102. The van der Waals surface area contributed by atoms with E-state index >= 15 is 0 Å². The van der Waals surface area contributed by atoms with E-state index in [9.17, 15) is 9.90 Å². The third-order valence-electron chi connectivity index (χ3n) is 2.29. The van der Waals surface area contributed by atoms with Gasteiger partial charge in [0.2, 0.25) is 0 Å². The first-order chi connectivity index (χ1) is 8.56. The van der Waals surface area contributed by atoms with E-state index in [1.807, 2.05) is 0 Å². The molecule has 0 heterocycles. The summed E-state index contributed by atoms with van der Waals surface area (Å²) >= 11 is 11.5. The molecule has 0 atom stereocenters. The number of amides is 1. The summed E-state index contributed by atoms with van der Waals surface area (Å²) < 4.78 is 0. The third kappa shape index (κ3) is 2.94. The highest BCUT2D eigenvalue weighted by Crippen LogP contribution is 2.26. The average Bonchev–Trinajstić information content (AvgIpc) is 2.34. The Morgan fingerprint density at radius 1 is 1.11 bits per heavy atom. The molecule has 0 saturated heterocycles. The second-order valence-electron chi connectivity index (χ2n) is 3.63. The minimum absolute atomic E-state index is 0.0302. The highest BCUT2D eigenvalue weighted by molar-refractivity contribution is 6.32. The third-order valence-corrected chi connectivity index (χ3v) is 2.83. The van der Waals surface area contributed by atoms with Crippen LogP contribution in [0.25, 0.3) is 0 Å². The van der Waals surface area contributed by atoms with Crippen LogP contribution in [0.1, 0.15) is 10.4 Å². The summed E-state index contributed by atoms with van der Waals surface area (Å²) in [5.41, 5.74) is 0.953. The number of rotatable bonds is 2. The van der Waals surface area contributed by atoms with Gasteiger partial charge < -0.3 is 10.4 Å². The number of benzene rings is 2. The Labute approximate surface area is 114 Å². The lowest BCUT2D eigenvalue weighted by atomic mass is 10.2. The van der Waals surface area contributed by atoms with Gasteiger partial charge >= 0.3 is 0 Å². The van der Waals surface area contributed by atoms with Crippen LogP contribution in [0.5, 0.6) is 5.75 Å². The van der Waals surface area contributed by atoms with Gasteiger partial charge in [0, 0.05) is 16.3 Å². The van der Waals surface area contributed by atoms with Crippen molar-refractivity contribution in [2.24, 2.45) is 0 Å². The Hall–Kier alpha value is -1.71. The van der Waals surface area contributed by atoms with Crippen molar-refractivity contribution in [3.63, 3.8) is 0 Å². The van der Waals surface area contributed by atoms with Crippen LogP contribution in [0.15, 0.2) is 42.5 Å². The fraction of sp³-hybridized carbons (Fsp3) is 0. The molecule has 0 aliphatic rings. The number of nitrogens with one attached hydrogen (secondary N) is 1. The Bertz CT molecular complexity index is 599. The van der Waals surface area contributed by atoms with E-state index in [1.54, 1.807) is 30.3 Å². The summed E-state index contributed by atoms with van der Waals surface area (Å²) in [7, 11) is 0. The van der Waals surface area contributed by atoms with E-state index in [2.05, 4.69) is 5.32 Å². The average molecular weight is 282 g/mol. The van der Waals surface area contributed by atoms with E-state index in [0.29, 0.717) is 16.3 Å². The zero-order valence-electron chi connectivity index (χ0n) is 9.15. The van der Waals surface area contributed by atoms with Crippen molar-refractivity contribution < 1.29 is 9.90 Å². The zero-order valence-corrected chi connectivity index (χ0v) is 10.7. The van der Waals surface area contributed by atoms with Crippen LogP contribution in [-0.4, -0.2) is 11.0 Å². The Morgan fingerprint density at radius 3 is 2.56 bits per heavy atom. The number of hydrogen-bond acceptors (Lipinski definition) is 2. The van der Waals surface area contributed by atoms with Crippen molar-refractivity contribution in [2.45, 2.75) is 0 Å². The van der Waals surface area contributed by atoms with Crippen LogP contribution in [0.2, 0.25) is 10.0 Å². The van der Waals surface area contributed by atoms with E-state index in [-0.39, 0.29) is 16.7 Å². The van der Waals surface area contributed by atoms with Crippen molar-refractivity contribution in [3.05, 3.63) is 58.1 Å². The topological polar surface area (TPSA) is 49.3 Å². The van der Waals surface area contributed by atoms with Gasteiger partial charge in [-0.1, -0.05) is 29.3 Å². The van der Waals surface area contributed by atoms with Gasteiger partial charge in [-0.25, -0.2) is 0 Å². The fourth-order valence-electron chi connectivity index (χ4n) is 1.42. The van der Waals surface area contributed by atoms with Crippen molar-refractivity contribution in [3.8, 4) is 5.75 Å². The van der Waals surface area contributed by atoms with Crippen LogP contribution in [0, 0.1) is 0 Å². The molecule has 0 fully saturated rings. The molecule has 0 bridgehead atoms. The van der Waals surface area contributed by atoms with E-state index in [0.717, 1.165) is 0 Å². The molecule has 92 valence electrons. The number of carbonyl (C=O) groups is 1. The van der Waals surface area contributed by atoms with Crippen molar-refractivity contribution in [2.75, 3.05) is 5.32 Å². The van der Waals surface area contributed by atoms with Crippen LogP contribution in [0.4, 0.5) is 5.69 Å². The molecule has 0 spiro atoms. The minimum Gasteiger partial charge on any atom is -0.506 e. The molecule has 5 heteroatoms. The molecule has 0 aliphatic heterocycles. The summed E-state index contributed by atoms with van der Waals surface area (Å²) in [5, 5.41) is 12.6. The number of hydrogen-bond donors (Lipinski definition) is 2. The molecule has 0 saturated carbocycles. The quantitative estimate of drug-likeness (QED) is 0.819. The lowest BCUT2D eigenvalue weighted by Crippen LogP contribution is -2.11. The molecular weight excluding hydrogens is 273 g/mol. The molecular formula is C13H9Cl2NO2. The second kappa shape index (κ2) is 5.29. The van der Waals surface area contributed by atoms with Gasteiger partial charge in [-0.15, -0.1) is 0 Å². The Balaban J connectivity index is 2.18. The number of phenols is 1. The van der Waals surface area contributed by atoms with Crippen molar-refractivity contribution >= 4 is 34.8 Å². The van der Waals surface area contributed by atoms with Crippen molar-refractivity contribution in [1.82, 2.24) is 0 Å². The van der Waals surface area contributed by atoms with Gasteiger partial charge in [-0.2, -0.15) is 0 Å². The molecule has 0 aromatic heterocycles. The first-order valence-corrected chi connectivity index (χ1v) is 5.87. The summed E-state index contributed by atoms with van der Waals surface area (Å²) in [6.45, 7) is 0. The van der Waals surface area contributed by atoms with E-state index in [1.165, 1.54) is 12.1 Å². The standard InChI is InChI=1S/C13H9Cl2NO2/c14-9-3-1-2-8(6-9)13(18)16-10-4-5-12(17)11(15)7-10/h1-7,17H,(H,16,18). The van der Waals surface area contributed by atoms with Gasteiger partial charge in [0.05, 0.1) is 5.02 Å². The number of anilines is 1. The molecule has 3 nitrogen and oxygen atoms in total. The molecule has 2 aromatic carbocycles. The van der Waals surface area contributed by atoms with Crippen LogP contribution < -0.4 is 5.32 Å². The smallest absolute Gasteiger partial charge is 0.255 e. The first kappa shape index (κ1) is 12.7. The zero-order chi connectivity index (χ0) is 13.1. The predicted molar refractivity (Wildman–Crippen MR) is 72.5 cm³/mol. The minimum atomic E-state index is -0.292. The number of aromatic hydroxyl groups is 1. The van der Waals surface area contributed by atoms with E-state index in [4.69, 9.17) is 23.2 Å². The lowest BCUT2D eigenvalue weighted by Gasteiger charge is -2.06. The van der Waals surface area contributed by atoms with Gasteiger partial charge in [-0.05, 0) is 36.4 Å². The second-order valence-corrected chi connectivity index (χ2v) is 4.47. The molecule has 1 amide bonds. The maximum Gasteiger partial charge on any atom is 0.255 e. The highest BCUT2D eigenvalue weighted by atomic mass is 35.5. The van der Waals surface area contributed by atoms with Gasteiger partial charge in [0.1, 0.15) is 5.75 Å². The molecule has 2 rings (SSSR count). The summed E-state index contributed by atoms with van der Waals surface area (Å²) in [5.74, 6) is -0.323. The SMILES string of the molecule is O=C(Nc1ccc(O)c(Cl)c1)c1cccc(Cl)c1. The summed E-state index contributed by atoms with van der Waals surface area (Å²) in [6.07, 6.45) is 0. The number of phenolic OH excluding ortho intramolecular Hbond substituents is 1. The summed E-state index contributed by atoms with van der Waals surface area (Å²) in [4.78, 5) is 11.9. The first-order valence-electron chi connectivity index (χ1n) is 5.12. The highest BCUT2D eigenvalue weighted by Gasteiger charge is 2.07. The molecule has 0 aliphatic carbocycles. The van der Waals surface area contributed by atoms with E-state index < -0.39 is 0 Å². The largest absolute Gasteiger partial charge is 0.506 e. The van der Waals surface area contributed by atoms with Gasteiger partial charge in [0.15, 0.2) is 0 Å². The van der Waals surface area contributed by atoms with Gasteiger partial charge in [-0.3, -0.25) is 4.79 Å². The number of halogens is 2. The van der Waals surface area contributed by atoms with Crippen molar-refractivity contribution in [1.29, 1.82) is 0 Å². The monoisotopic (exact) mass is 281 g/mol. The maximum atomic E-state index is 11.9.